The van der Waals surface area contributed by atoms with Crippen molar-refractivity contribution >= 4 is 11.3 Å². The molecule has 1 aromatic heterocycles. The lowest BCUT2D eigenvalue weighted by molar-refractivity contribution is 0.644. The Balaban J connectivity index is 2.48. The summed E-state index contributed by atoms with van der Waals surface area (Å²) in [5, 5.41) is 2.06. The maximum absolute atomic E-state index is 5.08. The van der Waals surface area contributed by atoms with Crippen LogP contribution in [0.2, 0.25) is 0 Å². The van der Waals surface area contributed by atoms with Crippen molar-refractivity contribution in [3.8, 4) is 11.5 Å². The first-order chi connectivity index (χ1) is 3.92. The number of aryl methyl sites for hydroxylation is 1. The van der Waals surface area contributed by atoms with Crippen molar-refractivity contribution in [3.05, 3.63) is 10.3 Å². The van der Waals surface area contributed by atoms with Gasteiger partial charge in [-0.05, 0) is 6.42 Å². The van der Waals surface area contributed by atoms with Gasteiger partial charge >= 0.3 is 0 Å². The largest absolute Gasteiger partial charge is 0.447 e. The van der Waals surface area contributed by atoms with E-state index in [0.717, 1.165) is 17.9 Å². The molecule has 0 unspecified atom stereocenters. The maximum atomic E-state index is 5.08. The summed E-state index contributed by atoms with van der Waals surface area (Å²) in [4.78, 5) is 1.39. The molecule has 2 rings (SSSR count). The van der Waals surface area contributed by atoms with E-state index in [0.29, 0.717) is 0 Å². The van der Waals surface area contributed by atoms with Crippen LogP contribution in [-0.4, -0.2) is 0 Å². The van der Waals surface area contributed by atoms with Gasteiger partial charge in [-0.3, -0.25) is 0 Å². The first-order valence-electron chi connectivity index (χ1n) is 2.70. The maximum Gasteiger partial charge on any atom is 0.184 e. The van der Waals surface area contributed by atoms with E-state index in [-0.39, 0.29) is 0 Å². The van der Waals surface area contributed by atoms with Crippen LogP contribution >= 0.6 is 11.3 Å². The van der Waals surface area contributed by atoms with Gasteiger partial charge in [0.2, 0.25) is 0 Å². The first kappa shape index (κ1) is 4.39. The van der Waals surface area contributed by atoms with Crippen molar-refractivity contribution in [2.24, 2.45) is 0 Å². The van der Waals surface area contributed by atoms with Gasteiger partial charge in [0.1, 0.15) is 0 Å². The Bertz CT molecular complexity index is 214. The zero-order valence-corrected chi connectivity index (χ0v) is 5.42. The van der Waals surface area contributed by atoms with E-state index < -0.39 is 0 Å². The van der Waals surface area contributed by atoms with E-state index in [1.54, 1.807) is 11.3 Å². The third-order valence-corrected chi connectivity index (χ3v) is 2.37. The Morgan fingerprint density at radius 2 is 2.62 bits per heavy atom. The summed E-state index contributed by atoms with van der Waals surface area (Å²) >= 11 is 1.79. The molecule has 0 aromatic carbocycles. The topological polar surface area (TPSA) is 12.5 Å². The summed E-state index contributed by atoms with van der Waals surface area (Å²) in [6, 6.07) is 0. The zero-order valence-electron chi connectivity index (χ0n) is 4.60. The smallest absolute Gasteiger partial charge is 0.184 e. The lowest BCUT2D eigenvalue weighted by Crippen LogP contribution is -1.66. The second-order valence-corrected chi connectivity index (χ2v) is 2.77. The number of hydrogen-bond acceptors (Lipinski definition) is 2. The summed E-state index contributed by atoms with van der Waals surface area (Å²) < 4.78 is 5.08. The fourth-order valence-electron chi connectivity index (χ4n) is 0.778. The molecule has 0 saturated heterocycles. The van der Waals surface area contributed by atoms with Crippen LogP contribution in [0.1, 0.15) is 11.8 Å². The second-order valence-electron chi connectivity index (χ2n) is 1.81. The van der Waals surface area contributed by atoms with Gasteiger partial charge in [0.05, 0.1) is 4.88 Å². The molecule has 0 amide bonds. The molecule has 42 valence electrons. The molecule has 1 aliphatic rings. The van der Waals surface area contributed by atoms with Gasteiger partial charge in [-0.2, -0.15) is 0 Å². The normalized spacial score (nSPS) is 12.6. The Kier molecular flexibility index (Phi) is 0.690. The molecular formula is C6H6OS. The lowest BCUT2D eigenvalue weighted by atomic mass is 10.4. The Morgan fingerprint density at radius 3 is 2.88 bits per heavy atom. The average Bonchev–Trinajstić information content (AvgIpc) is 2.46. The van der Waals surface area contributed by atoms with Crippen LogP contribution in [-0.2, 0) is 6.42 Å². The lowest BCUT2D eigenvalue weighted by Gasteiger charge is -1.82. The fraction of sp³-hybridized carbons (Fsp3) is 0.333. The highest BCUT2D eigenvalue weighted by atomic mass is 32.1. The molecule has 2 heterocycles. The highest BCUT2D eigenvalue weighted by Crippen LogP contribution is 2.52. The molecular weight excluding hydrogens is 120 g/mol. The molecule has 0 spiro atoms. The van der Waals surface area contributed by atoms with Gasteiger partial charge in [-0.25, -0.2) is 0 Å². The summed E-state index contributed by atoms with van der Waals surface area (Å²) in [6.07, 6.45) is 1.11. The Hall–Kier alpha value is -0.500. The Labute approximate surface area is 51.9 Å². The van der Waals surface area contributed by atoms with Gasteiger partial charge in [0.15, 0.2) is 11.5 Å². The zero-order chi connectivity index (χ0) is 5.56. The van der Waals surface area contributed by atoms with Crippen molar-refractivity contribution < 1.29 is 4.74 Å². The molecule has 0 N–H and O–H groups in total. The predicted molar refractivity (Wildman–Crippen MR) is 33.8 cm³/mol. The van der Waals surface area contributed by atoms with Crippen LogP contribution < -0.4 is 4.74 Å². The highest BCUT2D eigenvalue weighted by Gasteiger charge is 2.25. The molecule has 0 atom stereocenters. The number of hydrogen-bond donors (Lipinski definition) is 0. The van der Waals surface area contributed by atoms with Crippen molar-refractivity contribution in [1.82, 2.24) is 0 Å². The molecule has 0 aliphatic carbocycles. The van der Waals surface area contributed by atoms with Crippen LogP contribution in [0.4, 0.5) is 0 Å². The molecule has 0 fully saturated rings. The van der Waals surface area contributed by atoms with E-state index in [2.05, 4.69) is 12.3 Å². The number of thiophene rings is 1. The summed E-state index contributed by atoms with van der Waals surface area (Å²) in [5.41, 5.74) is 0. The van der Waals surface area contributed by atoms with Gasteiger partial charge in [0.25, 0.3) is 0 Å². The molecule has 0 bridgehead atoms. The van der Waals surface area contributed by atoms with Crippen molar-refractivity contribution in [2.45, 2.75) is 13.3 Å². The van der Waals surface area contributed by atoms with Crippen molar-refractivity contribution in [2.75, 3.05) is 0 Å². The van der Waals surface area contributed by atoms with E-state index in [1.807, 2.05) is 0 Å². The van der Waals surface area contributed by atoms with E-state index in [4.69, 9.17) is 4.74 Å². The van der Waals surface area contributed by atoms with Crippen LogP contribution in [0.5, 0.6) is 11.5 Å². The predicted octanol–water partition coefficient (Wildman–Crippen LogP) is 2.42. The minimum absolute atomic E-state index is 1.10. The third-order valence-electron chi connectivity index (χ3n) is 1.28. The monoisotopic (exact) mass is 126 g/mol. The molecule has 1 aromatic rings. The van der Waals surface area contributed by atoms with Gasteiger partial charge in [-0.1, -0.05) is 6.92 Å². The van der Waals surface area contributed by atoms with Crippen LogP contribution in [0, 0.1) is 0 Å². The van der Waals surface area contributed by atoms with Crippen molar-refractivity contribution in [3.63, 3.8) is 0 Å². The van der Waals surface area contributed by atoms with E-state index in [1.165, 1.54) is 4.88 Å². The summed E-state index contributed by atoms with van der Waals surface area (Å²) in [7, 11) is 0. The van der Waals surface area contributed by atoms with Gasteiger partial charge in [-0.15, -0.1) is 11.3 Å². The first-order valence-corrected chi connectivity index (χ1v) is 3.58. The number of rotatable bonds is 1. The fourth-order valence-corrected chi connectivity index (χ4v) is 1.60. The molecule has 8 heavy (non-hydrogen) atoms. The highest BCUT2D eigenvalue weighted by molar-refractivity contribution is 7.10. The molecule has 1 nitrogen and oxygen atoms in total. The summed E-state index contributed by atoms with van der Waals surface area (Å²) in [5.74, 6) is 2.25. The quantitative estimate of drug-likeness (QED) is 0.534. The summed E-state index contributed by atoms with van der Waals surface area (Å²) in [6.45, 7) is 2.15. The number of ether oxygens (including phenoxy) is 1. The Morgan fingerprint density at radius 1 is 1.75 bits per heavy atom. The van der Waals surface area contributed by atoms with E-state index >= 15 is 0 Å². The SMILES string of the molecule is CCc1scc2c1O2. The van der Waals surface area contributed by atoms with Gasteiger partial charge < -0.3 is 4.74 Å². The molecule has 0 radical (unpaired) electrons. The minimum Gasteiger partial charge on any atom is -0.447 e. The number of fused-ring (bicyclic) bond motifs is 1. The third kappa shape index (κ3) is 0.409. The van der Waals surface area contributed by atoms with Crippen LogP contribution in [0.3, 0.4) is 0 Å². The average molecular weight is 126 g/mol. The second kappa shape index (κ2) is 1.26. The van der Waals surface area contributed by atoms with Gasteiger partial charge in [0, 0.05) is 5.38 Å². The van der Waals surface area contributed by atoms with Crippen LogP contribution in [0.25, 0.3) is 0 Å². The van der Waals surface area contributed by atoms with Crippen LogP contribution in [0.15, 0.2) is 5.38 Å². The molecule has 0 saturated carbocycles. The standard InChI is InChI=1S/C6H6OS/c1-2-5-6-4(7-6)3-8-5/h3H,2H2,1H3. The van der Waals surface area contributed by atoms with Crippen molar-refractivity contribution in [1.29, 1.82) is 0 Å². The van der Waals surface area contributed by atoms with E-state index in [9.17, 15) is 0 Å². The minimum atomic E-state index is 1.10. The molecule has 2 heteroatoms. The molecule has 1 aliphatic heterocycles.